The van der Waals surface area contributed by atoms with Crippen molar-refractivity contribution in [3.8, 4) is 0 Å². The van der Waals surface area contributed by atoms with Gasteiger partial charge in [-0.3, -0.25) is 0 Å². The standard InChI is InChI=1S/C8H7F2S/c1-8(9,10)11-7-5-3-2-4-6-7/h3-6H,1H3. The zero-order valence-electron chi connectivity index (χ0n) is 5.97. The van der Waals surface area contributed by atoms with Gasteiger partial charge in [-0.25, -0.2) is 0 Å². The van der Waals surface area contributed by atoms with Gasteiger partial charge in [-0.15, -0.1) is 0 Å². The fourth-order valence-corrected chi connectivity index (χ4v) is 1.33. The van der Waals surface area contributed by atoms with Gasteiger partial charge in [0.1, 0.15) is 0 Å². The topological polar surface area (TPSA) is 0 Å². The quantitative estimate of drug-likeness (QED) is 0.619. The Kier molecular flexibility index (Phi) is 2.49. The van der Waals surface area contributed by atoms with Gasteiger partial charge in [0.05, 0.1) is 0 Å². The largest absolute Gasteiger partial charge is 0.295 e. The highest BCUT2D eigenvalue weighted by atomic mass is 32.2. The van der Waals surface area contributed by atoms with Crippen LogP contribution in [0.15, 0.2) is 29.2 Å². The third-order valence-corrected chi connectivity index (χ3v) is 1.85. The van der Waals surface area contributed by atoms with Crippen LogP contribution in [-0.4, -0.2) is 5.25 Å². The highest BCUT2D eigenvalue weighted by Gasteiger charge is 2.21. The van der Waals surface area contributed by atoms with Gasteiger partial charge < -0.3 is 0 Å². The summed E-state index contributed by atoms with van der Waals surface area (Å²) in [5.41, 5.74) is 0. The average molecular weight is 173 g/mol. The molecular weight excluding hydrogens is 166 g/mol. The second-order valence-electron chi connectivity index (χ2n) is 2.15. The Balaban J connectivity index is 2.66. The lowest BCUT2D eigenvalue weighted by Crippen LogP contribution is -2.01. The predicted octanol–water partition coefficient (Wildman–Crippen LogP) is 3.19. The van der Waals surface area contributed by atoms with Crippen LogP contribution < -0.4 is 0 Å². The van der Waals surface area contributed by atoms with Gasteiger partial charge in [-0.2, -0.15) is 8.78 Å². The van der Waals surface area contributed by atoms with E-state index in [1.54, 1.807) is 24.3 Å². The van der Waals surface area contributed by atoms with Crippen LogP contribution in [0.2, 0.25) is 0 Å². The molecule has 1 aromatic rings. The first-order valence-electron chi connectivity index (χ1n) is 3.11. The summed E-state index contributed by atoms with van der Waals surface area (Å²) < 4.78 is 24.7. The number of rotatable bonds is 2. The van der Waals surface area contributed by atoms with E-state index in [4.69, 9.17) is 0 Å². The lowest BCUT2D eigenvalue weighted by molar-refractivity contribution is 0.129. The lowest BCUT2D eigenvalue weighted by Gasteiger charge is -2.07. The normalized spacial score (nSPS) is 11.5. The van der Waals surface area contributed by atoms with Crippen LogP contribution in [0.4, 0.5) is 8.78 Å². The van der Waals surface area contributed by atoms with Crippen LogP contribution in [0.1, 0.15) is 6.92 Å². The molecule has 1 rings (SSSR count). The first kappa shape index (κ1) is 8.53. The zero-order valence-corrected chi connectivity index (χ0v) is 6.79. The summed E-state index contributed by atoms with van der Waals surface area (Å²) in [5, 5.41) is -2.69. The molecule has 0 heterocycles. The number of benzene rings is 1. The van der Waals surface area contributed by atoms with Crippen LogP contribution in [0, 0.1) is 6.07 Å². The van der Waals surface area contributed by atoms with Gasteiger partial charge in [0.25, 0.3) is 5.25 Å². The van der Waals surface area contributed by atoms with Crippen molar-refractivity contribution in [1.29, 1.82) is 0 Å². The van der Waals surface area contributed by atoms with Crippen molar-refractivity contribution in [2.45, 2.75) is 17.1 Å². The molecule has 0 bridgehead atoms. The Labute approximate surface area is 68.6 Å². The SMILES string of the molecule is CC(F)(F)Sc1cc[c]cc1. The maximum absolute atomic E-state index is 12.4. The van der Waals surface area contributed by atoms with Crippen LogP contribution in [0.25, 0.3) is 0 Å². The molecule has 0 amide bonds. The summed E-state index contributed by atoms with van der Waals surface area (Å²) in [6, 6.07) is 9.22. The van der Waals surface area contributed by atoms with E-state index in [2.05, 4.69) is 6.07 Å². The zero-order chi connectivity index (χ0) is 8.32. The molecule has 3 heteroatoms. The minimum Gasteiger partial charge on any atom is -0.194 e. The Hall–Kier alpha value is -0.570. The van der Waals surface area contributed by atoms with E-state index < -0.39 is 5.25 Å². The molecule has 0 spiro atoms. The highest BCUT2D eigenvalue weighted by molar-refractivity contribution is 8.00. The molecule has 0 atom stereocenters. The molecule has 0 N–H and O–H groups in total. The molecular formula is C8H7F2S. The highest BCUT2D eigenvalue weighted by Crippen LogP contribution is 2.34. The summed E-state index contributed by atoms with van der Waals surface area (Å²) >= 11 is 0.547. The van der Waals surface area contributed by atoms with Crippen molar-refractivity contribution in [1.82, 2.24) is 0 Å². The second kappa shape index (κ2) is 3.22. The van der Waals surface area contributed by atoms with Gasteiger partial charge in [-0.05, 0) is 18.2 Å². The van der Waals surface area contributed by atoms with Gasteiger partial charge in [0.15, 0.2) is 0 Å². The van der Waals surface area contributed by atoms with Crippen LogP contribution in [0.3, 0.4) is 0 Å². The molecule has 59 valence electrons. The number of hydrogen-bond donors (Lipinski definition) is 0. The fourth-order valence-electron chi connectivity index (χ4n) is 0.647. The first-order chi connectivity index (χ1) is 5.08. The molecule has 0 aliphatic heterocycles. The Bertz CT molecular complexity index is 215. The molecule has 1 radical (unpaired) electrons. The summed E-state index contributed by atoms with van der Waals surface area (Å²) in [5.74, 6) is 0. The number of thioether (sulfide) groups is 1. The third-order valence-electron chi connectivity index (χ3n) is 0.985. The molecule has 1 aromatic carbocycles. The number of halogens is 2. The molecule has 11 heavy (non-hydrogen) atoms. The maximum atomic E-state index is 12.4. The molecule has 0 aliphatic rings. The molecule has 0 aromatic heterocycles. The summed E-state index contributed by atoms with van der Waals surface area (Å²) in [4.78, 5) is 0.566. The van der Waals surface area contributed by atoms with E-state index in [1.807, 2.05) is 0 Å². The van der Waals surface area contributed by atoms with Crippen molar-refractivity contribution in [2.24, 2.45) is 0 Å². The van der Waals surface area contributed by atoms with Crippen LogP contribution >= 0.6 is 11.8 Å². The van der Waals surface area contributed by atoms with Gasteiger partial charge in [0.2, 0.25) is 0 Å². The van der Waals surface area contributed by atoms with Crippen LogP contribution in [-0.2, 0) is 0 Å². The van der Waals surface area contributed by atoms with Crippen molar-refractivity contribution in [2.75, 3.05) is 0 Å². The Morgan fingerprint density at radius 3 is 2.36 bits per heavy atom. The first-order valence-corrected chi connectivity index (χ1v) is 3.92. The van der Waals surface area contributed by atoms with Crippen LogP contribution in [0.5, 0.6) is 0 Å². The minimum atomic E-state index is -2.69. The van der Waals surface area contributed by atoms with E-state index >= 15 is 0 Å². The molecule has 0 nitrogen and oxygen atoms in total. The van der Waals surface area contributed by atoms with Crippen molar-refractivity contribution in [3.05, 3.63) is 30.3 Å². The predicted molar refractivity (Wildman–Crippen MR) is 41.8 cm³/mol. The van der Waals surface area contributed by atoms with E-state index in [0.717, 1.165) is 6.92 Å². The molecule has 0 unspecified atom stereocenters. The Morgan fingerprint density at radius 1 is 1.36 bits per heavy atom. The van der Waals surface area contributed by atoms with Gasteiger partial charge >= 0.3 is 0 Å². The maximum Gasteiger partial charge on any atom is 0.295 e. The minimum absolute atomic E-state index is 0.547. The number of hydrogen-bond acceptors (Lipinski definition) is 1. The lowest BCUT2D eigenvalue weighted by atomic mass is 10.4. The van der Waals surface area contributed by atoms with E-state index in [0.29, 0.717) is 16.7 Å². The molecule has 0 aliphatic carbocycles. The third kappa shape index (κ3) is 3.37. The van der Waals surface area contributed by atoms with Gasteiger partial charge in [-0.1, -0.05) is 23.9 Å². The molecule has 0 saturated heterocycles. The van der Waals surface area contributed by atoms with E-state index in [1.165, 1.54) is 0 Å². The van der Waals surface area contributed by atoms with Crippen molar-refractivity contribution >= 4 is 11.8 Å². The average Bonchev–Trinajstić information content (AvgIpc) is 1.85. The van der Waals surface area contributed by atoms with Gasteiger partial charge in [0, 0.05) is 11.8 Å². The number of alkyl halides is 2. The monoisotopic (exact) mass is 173 g/mol. The smallest absolute Gasteiger partial charge is 0.194 e. The Morgan fingerprint density at radius 2 is 1.91 bits per heavy atom. The van der Waals surface area contributed by atoms with E-state index in [9.17, 15) is 8.78 Å². The summed E-state index contributed by atoms with van der Waals surface area (Å²) in [6.07, 6.45) is 0. The van der Waals surface area contributed by atoms with Crippen molar-refractivity contribution in [3.63, 3.8) is 0 Å². The fraction of sp³-hybridized carbons (Fsp3) is 0.250. The summed E-state index contributed by atoms with van der Waals surface area (Å²) in [6.45, 7) is 0.883. The summed E-state index contributed by atoms with van der Waals surface area (Å²) in [7, 11) is 0. The van der Waals surface area contributed by atoms with Crippen molar-refractivity contribution < 1.29 is 8.78 Å². The van der Waals surface area contributed by atoms with E-state index in [-0.39, 0.29) is 0 Å². The second-order valence-corrected chi connectivity index (χ2v) is 3.54. The molecule has 0 fully saturated rings. The molecule has 0 saturated carbocycles.